The van der Waals surface area contributed by atoms with Gasteiger partial charge in [0.15, 0.2) is 0 Å². The summed E-state index contributed by atoms with van der Waals surface area (Å²) in [6.45, 7) is 0.716. The van der Waals surface area contributed by atoms with Crippen LogP contribution in [0.5, 0.6) is 0 Å². The van der Waals surface area contributed by atoms with E-state index in [0.29, 0.717) is 6.61 Å². The van der Waals surface area contributed by atoms with Gasteiger partial charge in [-0.25, -0.2) is 22.3 Å². The normalized spacial score (nSPS) is 19.1. The molecule has 1 saturated heterocycles. The fourth-order valence-electron chi connectivity index (χ4n) is 1.93. The van der Waals surface area contributed by atoms with Crippen LogP contribution in [0.2, 0.25) is 0 Å². The Bertz CT molecular complexity index is 610. The standard InChI is InChI=1S/C12H14FNO5S/c13-11-4-3-9(6-10(11)12(15)16)20(17,18)14-7-8-2-1-5-19-8/h3-4,6,8,14H,1-2,5,7H2,(H,15,16). The van der Waals surface area contributed by atoms with Gasteiger partial charge < -0.3 is 9.84 Å². The lowest BCUT2D eigenvalue weighted by molar-refractivity contribution is 0.0691. The van der Waals surface area contributed by atoms with E-state index >= 15 is 0 Å². The third kappa shape index (κ3) is 3.33. The Morgan fingerprint density at radius 1 is 1.50 bits per heavy atom. The molecule has 0 amide bonds. The summed E-state index contributed by atoms with van der Waals surface area (Å²) in [5.74, 6) is -2.49. The summed E-state index contributed by atoms with van der Waals surface area (Å²) >= 11 is 0. The van der Waals surface area contributed by atoms with Gasteiger partial charge in [-0.05, 0) is 31.0 Å². The molecule has 0 spiro atoms. The van der Waals surface area contributed by atoms with Crippen molar-refractivity contribution in [1.82, 2.24) is 4.72 Å². The molecular formula is C12H14FNO5S. The Labute approximate surface area is 115 Å². The van der Waals surface area contributed by atoms with Crippen molar-refractivity contribution in [2.24, 2.45) is 0 Å². The fourth-order valence-corrected chi connectivity index (χ4v) is 3.02. The van der Waals surface area contributed by atoms with E-state index in [1.165, 1.54) is 0 Å². The van der Waals surface area contributed by atoms with Crippen LogP contribution in [0.1, 0.15) is 23.2 Å². The molecule has 0 saturated carbocycles. The maximum Gasteiger partial charge on any atom is 0.338 e. The average molecular weight is 303 g/mol. The van der Waals surface area contributed by atoms with Gasteiger partial charge in [0.25, 0.3) is 0 Å². The van der Waals surface area contributed by atoms with Crippen LogP contribution in [0, 0.1) is 5.82 Å². The molecule has 1 aliphatic heterocycles. The molecule has 0 bridgehead atoms. The van der Waals surface area contributed by atoms with Gasteiger partial charge in [-0.15, -0.1) is 0 Å². The van der Waals surface area contributed by atoms with E-state index < -0.39 is 27.4 Å². The van der Waals surface area contributed by atoms with Crippen LogP contribution in [-0.2, 0) is 14.8 Å². The molecule has 1 aromatic rings. The predicted molar refractivity (Wildman–Crippen MR) is 67.5 cm³/mol. The van der Waals surface area contributed by atoms with Crippen LogP contribution in [0.4, 0.5) is 4.39 Å². The van der Waals surface area contributed by atoms with E-state index in [2.05, 4.69) is 4.72 Å². The van der Waals surface area contributed by atoms with Crippen molar-refractivity contribution in [2.45, 2.75) is 23.8 Å². The Hall–Kier alpha value is -1.51. The molecule has 0 aliphatic carbocycles. The number of carboxylic acids is 1. The number of aromatic carboxylic acids is 1. The van der Waals surface area contributed by atoms with Gasteiger partial charge in [-0.2, -0.15) is 0 Å². The number of hydrogen-bond donors (Lipinski definition) is 2. The Morgan fingerprint density at radius 3 is 2.85 bits per heavy atom. The highest BCUT2D eigenvalue weighted by atomic mass is 32.2. The maximum absolute atomic E-state index is 13.2. The van der Waals surface area contributed by atoms with E-state index in [0.717, 1.165) is 31.0 Å². The van der Waals surface area contributed by atoms with Crippen molar-refractivity contribution in [2.75, 3.05) is 13.2 Å². The Kier molecular flexibility index (Phi) is 4.36. The van der Waals surface area contributed by atoms with E-state index in [1.807, 2.05) is 0 Å². The zero-order chi connectivity index (χ0) is 14.8. The molecule has 6 nitrogen and oxygen atoms in total. The minimum atomic E-state index is -3.88. The number of hydrogen-bond acceptors (Lipinski definition) is 4. The largest absolute Gasteiger partial charge is 0.478 e. The predicted octanol–water partition coefficient (Wildman–Crippen LogP) is 0.981. The molecule has 1 aliphatic rings. The maximum atomic E-state index is 13.2. The summed E-state index contributed by atoms with van der Waals surface area (Å²) in [5.41, 5.74) is -0.676. The highest BCUT2D eigenvalue weighted by Gasteiger charge is 2.22. The minimum Gasteiger partial charge on any atom is -0.478 e. The fraction of sp³-hybridized carbons (Fsp3) is 0.417. The van der Waals surface area contributed by atoms with E-state index in [1.54, 1.807) is 0 Å². The molecule has 0 radical (unpaired) electrons. The molecular weight excluding hydrogens is 289 g/mol. The third-order valence-electron chi connectivity index (χ3n) is 3.00. The molecule has 2 N–H and O–H groups in total. The zero-order valence-electron chi connectivity index (χ0n) is 10.5. The SMILES string of the molecule is O=C(O)c1cc(S(=O)(=O)NCC2CCCO2)ccc1F. The average Bonchev–Trinajstić information content (AvgIpc) is 2.89. The molecule has 2 rings (SSSR count). The smallest absolute Gasteiger partial charge is 0.338 e. The molecule has 110 valence electrons. The van der Waals surface area contributed by atoms with Gasteiger partial charge in [0, 0.05) is 13.2 Å². The van der Waals surface area contributed by atoms with Gasteiger partial charge in [-0.1, -0.05) is 0 Å². The monoisotopic (exact) mass is 303 g/mol. The van der Waals surface area contributed by atoms with Crippen LogP contribution in [-0.4, -0.2) is 38.7 Å². The van der Waals surface area contributed by atoms with Gasteiger partial charge in [0.1, 0.15) is 5.82 Å². The van der Waals surface area contributed by atoms with Crippen LogP contribution in [0.3, 0.4) is 0 Å². The third-order valence-corrected chi connectivity index (χ3v) is 4.42. The van der Waals surface area contributed by atoms with Crippen molar-refractivity contribution in [3.63, 3.8) is 0 Å². The second kappa shape index (κ2) is 5.86. The number of carbonyl (C=O) groups is 1. The molecule has 20 heavy (non-hydrogen) atoms. The highest BCUT2D eigenvalue weighted by molar-refractivity contribution is 7.89. The van der Waals surface area contributed by atoms with Crippen molar-refractivity contribution in [1.29, 1.82) is 0 Å². The summed E-state index contributed by atoms with van der Waals surface area (Å²) < 4.78 is 44.8. The summed E-state index contributed by atoms with van der Waals surface area (Å²) in [6.07, 6.45) is 1.47. The summed E-state index contributed by atoms with van der Waals surface area (Å²) in [4.78, 5) is 10.5. The van der Waals surface area contributed by atoms with Gasteiger partial charge >= 0.3 is 5.97 Å². The van der Waals surface area contributed by atoms with Crippen LogP contribution in [0.25, 0.3) is 0 Å². The van der Waals surface area contributed by atoms with E-state index in [4.69, 9.17) is 9.84 Å². The van der Waals surface area contributed by atoms with Crippen LogP contribution in [0.15, 0.2) is 23.1 Å². The first-order valence-electron chi connectivity index (χ1n) is 6.04. The quantitative estimate of drug-likeness (QED) is 0.846. The van der Waals surface area contributed by atoms with Crippen molar-refractivity contribution in [3.8, 4) is 0 Å². The molecule has 8 heteroatoms. The lowest BCUT2D eigenvalue weighted by atomic mass is 10.2. The number of nitrogens with one attached hydrogen (secondary N) is 1. The topological polar surface area (TPSA) is 92.7 Å². The van der Waals surface area contributed by atoms with E-state index in [9.17, 15) is 17.6 Å². The summed E-state index contributed by atoms with van der Waals surface area (Å²) in [6, 6.07) is 2.65. The molecule has 1 heterocycles. The first kappa shape index (κ1) is 14.9. The van der Waals surface area contributed by atoms with Crippen LogP contribution < -0.4 is 4.72 Å². The lowest BCUT2D eigenvalue weighted by Crippen LogP contribution is -2.32. The number of ether oxygens (including phenoxy) is 1. The zero-order valence-corrected chi connectivity index (χ0v) is 11.3. The first-order valence-corrected chi connectivity index (χ1v) is 7.52. The number of halogens is 1. The second-order valence-corrected chi connectivity index (χ2v) is 6.20. The molecule has 1 fully saturated rings. The lowest BCUT2D eigenvalue weighted by Gasteiger charge is -2.11. The molecule has 1 unspecified atom stereocenters. The highest BCUT2D eigenvalue weighted by Crippen LogP contribution is 2.16. The van der Waals surface area contributed by atoms with E-state index in [-0.39, 0.29) is 17.5 Å². The Morgan fingerprint density at radius 2 is 2.25 bits per heavy atom. The van der Waals surface area contributed by atoms with Gasteiger partial charge in [0.2, 0.25) is 10.0 Å². The molecule has 1 atom stereocenters. The van der Waals surface area contributed by atoms with Crippen molar-refractivity contribution < 1.29 is 27.4 Å². The molecule has 1 aromatic carbocycles. The van der Waals surface area contributed by atoms with Gasteiger partial charge in [0.05, 0.1) is 16.6 Å². The molecule has 0 aromatic heterocycles. The van der Waals surface area contributed by atoms with Crippen molar-refractivity contribution >= 4 is 16.0 Å². The number of rotatable bonds is 5. The number of carboxylic acid groups (broad SMARTS) is 1. The number of sulfonamides is 1. The van der Waals surface area contributed by atoms with Gasteiger partial charge in [-0.3, -0.25) is 0 Å². The van der Waals surface area contributed by atoms with Crippen molar-refractivity contribution in [3.05, 3.63) is 29.6 Å². The number of benzene rings is 1. The summed E-state index contributed by atoms with van der Waals surface area (Å²) in [5, 5.41) is 8.78. The second-order valence-electron chi connectivity index (χ2n) is 4.43. The first-order chi connectivity index (χ1) is 9.40. The minimum absolute atomic E-state index is 0.113. The Balaban J connectivity index is 2.16. The van der Waals surface area contributed by atoms with Crippen LogP contribution >= 0.6 is 0 Å². The summed E-state index contributed by atoms with van der Waals surface area (Å²) in [7, 11) is -3.88.